The number of benzene rings is 2. The molecule has 3 aromatic heterocycles. The summed E-state index contributed by atoms with van der Waals surface area (Å²) in [7, 11) is 0. The number of nitrogens with zero attached hydrogens (tertiary/aromatic N) is 3. The van der Waals surface area contributed by atoms with Crippen LogP contribution in [0.5, 0.6) is 5.75 Å². The van der Waals surface area contributed by atoms with Crippen molar-refractivity contribution in [3.05, 3.63) is 95.4 Å². The Morgan fingerprint density at radius 3 is 2.66 bits per heavy atom. The van der Waals surface area contributed by atoms with E-state index in [2.05, 4.69) is 4.98 Å². The molecule has 3 heterocycles. The molecule has 0 atom stereocenters. The van der Waals surface area contributed by atoms with Crippen LogP contribution in [0.1, 0.15) is 27.0 Å². The van der Waals surface area contributed by atoms with Gasteiger partial charge in [0.2, 0.25) is 0 Å². The van der Waals surface area contributed by atoms with Crippen molar-refractivity contribution < 1.29 is 14.6 Å². The summed E-state index contributed by atoms with van der Waals surface area (Å²) in [6.45, 7) is 4.26. The van der Waals surface area contributed by atoms with Crippen molar-refractivity contribution in [3.8, 4) is 17.1 Å². The van der Waals surface area contributed by atoms with Crippen LogP contribution in [0.2, 0.25) is 0 Å². The van der Waals surface area contributed by atoms with Crippen molar-refractivity contribution in [2.45, 2.75) is 20.5 Å². The van der Waals surface area contributed by atoms with Crippen molar-refractivity contribution in [2.24, 2.45) is 0 Å². The number of pyridine rings is 1. The number of aryl methyl sites for hydroxylation is 2. The van der Waals surface area contributed by atoms with Crippen LogP contribution in [0.3, 0.4) is 0 Å². The smallest absolute Gasteiger partial charge is 0.336 e. The van der Waals surface area contributed by atoms with Crippen molar-refractivity contribution in [3.63, 3.8) is 0 Å². The summed E-state index contributed by atoms with van der Waals surface area (Å²) in [4.78, 5) is 21.4. The Kier molecular flexibility index (Phi) is 4.82. The second-order valence-electron chi connectivity index (χ2n) is 7.79. The minimum absolute atomic E-state index is 0.167. The molecule has 0 bridgehead atoms. The molecule has 0 radical (unpaired) electrons. The number of hydrogen-bond acceptors (Lipinski definition) is 4. The molecule has 0 aliphatic heterocycles. The molecule has 0 aliphatic rings. The van der Waals surface area contributed by atoms with E-state index in [1.165, 1.54) is 0 Å². The maximum Gasteiger partial charge on any atom is 0.336 e. The van der Waals surface area contributed by atoms with Gasteiger partial charge in [-0.05, 0) is 48.7 Å². The van der Waals surface area contributed by atoms with Gasteiger partial charge in [-0.1, -0.05) is 36.4 Å². The van der Waals surface area contributed by atoms with Gasteiger partial charge in [0.05, 0.1) is 39.6 Å². The molecule has 0 amide bonds. The summed E-state index contributed by atoms with van der Waals surface area (Å²) in [5, 5.41) is 10.6. The zero-order valence-corrected chi connectivity index (χ0v) is 17.7. The Balaban J connectivity index is 1.71. The lowest BCUT2D eigenvalue weighted by atomic mass is 10.0. The van der Waals surface area contributed by atoms with Gasteiger partial charge < -0.3 is 14.2 Å². The van der Waals surface area contributed by atoms with E-state index in [-0.39, 0.29) is 5.56 Å². The highest BCUT2D eigenvalue weighted by atomic mass is 16.5. The second kappa shape index (κ2) is 7.81. The van der Waals surface area contributed by atoms with Crippen molar-refractivity contribution in [2.75, 3.05) is 0 Å². The maximum absolute atomic E-state index is 12.3. The molecule has 0 saturated heterocycles. The summed E-state index contributed by atoms with van der Waals surface area (Å²) in [6.07, 6.45) is 5.34. The number of carboxylic acid groups (broad SMARTS) is 1. The van der Waals surface area contributed by atoms with E-state index in [4.69, 9.17) is 9.72 Å². The van der Waals surface area contributed by atoms with Gasteiger partial charge in [0.15, 0.2) is 0 Å². The van der Waals surface area contributed by atoms with Crippen molar-refractivity contribution in [1.82, 2.24) is 14.4 Å². The van der Waals surface area contributed by atoms with Crippen LogP contribution in [-0.4, -0.2) is 25.4 Å². The molecule has 5 aromatic rings. The summed E-state index contributed by atoms with van der Waals surface area (Å²) < 4.78 is 8.04. The van der Waals surface area contributed by atoms with Gasteiger partial charge in [-0.3, -0.25) is 4.98 Å². The molecule has 0 fully saturated rings. The first-order valence-corrected chi connectivity index (χ1v) is 10.3. The quantitative estimate of drug-likeness (QED) is 0.407. The molecule has 32 heavy (non-hydrogen) atoms. The Bertz CT molecular complexity index is 1470. The number of carboxylic acids is 1. The Morgan fingerprint density at radius 1 is 1.06 bits per heavy atom. The van der Waals surface area contributed by atoms with Crippen LogP contribution in [0.4, 0.5) is 0 Å². The van der Waals surface area contributed by atoms with E-state index in [0.29, 0.717) is 29.0 Å². The predicted molar refractivity (Wildman–Crippen MR) is 123 cm³/mol. The highest BCUT2D eigenvalue weighted by molar-refractivity contribution is 6.07. The van der Waals surface area contributed by atoms with Crippen LogP contribution in [-0.2, 0) is 6.61 Å². The lowest BCUT2D eigenvalue weighted by molar-refractivity contribution is 0.0698. The first-order valence-electron chi connectivity index (χ1n) is 10.3. The molecule has 1 N–H and O–H groups in total. The summed E-state index contributed by atoms with van der Waals surface area (Å²) in [5.41, 5.74) is 6.05. The fourth-order valence-corrected chi connectivity index (χ4v) is 4.08. The summed E-state index contributed by atoms with van der Waals surface area (Å²) >= 11 is 0. The zero-order valence-electron chi connectivity index (χ0n) is 17.7. The SMILES string of the molecule is Cc1cc2cnccn2c1-c1cc(C(=O)O)c2c(OCc3ccccc3)ccc(C)c2n1. The average molecular weight is 423 g/mol. The van der Waals surface area contributed by atoms with Gasteiger partial charge in [0, 0.05) is 12.4 Å². The standard InChI is InChI=1S/C26H21N3O3/c1-16-8-9-22(32-15-18-6-4-3-5-7-18)23-20(26(30)31)13-21(28-24(16)23)25-17(2)12-19-14-27-10-11-29(19)25/h3-14H,15H2,1-2H3,(H,30,31). The lowest BCUT2D eigenvalue weighted by Crippen LogP contribution is -2.05. The van der Waals surface area contributed by atoms with Gasteiger partial charge in [-0.25, -0.2) is 9.78 Å². The van der Waals surface area contributed by atoms with E-state index < -0.39 is 5.97 Å². The minimum Gasteiger partial charge on any atom is -0.488 e. The van der Waals surface area contributed by atoms with Gasteiger partial charge in [0.25, 0.3) is 0 Å². The van der Waals surface area contributed by atoms with E-state index in [0.717, 1.165) is 27.9 Å². The Hall–Kier alpha value is -4.19. The number of aromatic carboxylic acids is 1. The van der Waals surface area contributed by atoms with E-state index in [1.807, 2.05) is 73.0 Å². The van der Waals surface area contributed by atoms with Gasteiger partial charge in [-0.2, -0.15) is 0 Å². The molecule has 0 spiro atoms. The van der Waals surface area contributed by atoms with Crippen LogP contribution in [0.25, 0.3) is 27.8 Å². The zero-order chi connectivity index (χ0) is 22.2. The molecule has 2 aromatic carbocycles. The average Bonchev–Trinajstić information content (AvgIpc) is 3.14. The second-order valence-corrected chi connectivity index (χ2v) is 7.79. The van der Waals surface area contributed by atoms with E-state index in [1.54, 1.807) is 18.5 Å². The third-order valence-electron chi connectivity index (χ3n) is 5.60. The van der Waals surface area contributed by atoms with Crippen LogP contribution in [0.15, 0.2) is 73.2 Å². The molecule has 0 unspecified atom stereocenters. The normalized spacial score (nSPS) is 11.2. The van der Waals surface area contributed by atoms with Gasteiger partial charge >= 0.3 is 5.97 Å². The highest BCUT2D eigenvalue weighted by Gasteiger charge is 2.20. The summed E-state index contributed by atoms with van der Waals surface area (Å²) in [5.74, 6) is -0.513. The third kappa shape index (κ3) is 3.36. The fraction of sp³-hybridized carbons (Fsp3) is 0.115. The first kappa shape index (κ1) is 19.8. The van der Waals surface area contributed by atoms with Crippen LogP contribution in [0, 0.1) is 13.8 Å². The number of hydrogen-bond donors (Lipinski definition) is 1. The fourth-order valence-electron chi connectivity index (χ4n) is 4.08. The number of aromatic nitrogens is 3. The number of carbonyl (C=O) groups is 1. The largest absolute Gasteiger partial charge is 0.488 e. The summed E-state index contributed by atoms with van der Waals surface area (Å²) in [6, 6.07) is 17.2. The van der Waals surface area contributed by atoms with Crippen molar-refractivity contribution in [1.29, 1.82) is 0 Å². The highest BCUT2D eigenvalue weighted by Crippen LogP contribution is 2.35. The van der Waals surface area contributed by atoms with Gasteiger partial charge in [0.1, 0.15) is 12.4 Å². The number of rotatable bonds is 5. The Labute approximate surface area is 184 Å². The molecule has 6 nitrogen and oxygen atoms in total. The molecular weight excluding hydrogens is 402 g/mol. The maximum atomic E-state index is 12.3. The molecule has 0 aliphatic carbocycles. The molecule has 6 heteroatoms. The number of fused-ring (bicyclic) bond motifs is 2. The molecule has 158 valence electrons. The monoisotopic (exact) mass is 423 g/mol. The minimum atomic E-state index is -1.02. The van der Waals surface area contributed by atoms with Gasteiger partial charge in [-0.15, -0.1) is 0 Å². The first-order chi connectivity index (χ1) is 15.5. The molecular formula is C26H21N3O3. The Morgan fingerprint density at radius 2 is 1.88 bits per heavy atom. The topological polar surface area (TPSA) is 76.7 Å². The van der Waals surface area contributed by atoms with Crippen molar-refractivity contribution >= 4 is 22.4 Å². The lowest BCUT2D eigenvalue weighted by Gasteiger charge is -2.15. The third-order valence-corrected chi connectivity index (χ3v) is 5.60. The molecule has 0 saturated carbocycles. The number of ether oxygens (including phenoxy) is 1. The molecule has 5 rings (SSSR count). The van der Waals surface area contributed by atoms with E-state index >= 15 is 0 Å². The van der Waals surface area contributed by atoms with E-state index in [9.17, 15) is 9.90 Å². The predicted octanol–water partition coefficient (Wildman–Crippen LogP) is 5.44. The van der Waals surface area contributed by atoms with Crippen LogP contribution < -0.4 is 4.74 Å². The van der Waals surface area contributed by atoms with Crippen LogP contribution >= 0.6 is 0 Å².